The van der Waals surface area contributed by atoms with Crippen LogP contribution in [0.15, 0.2) is 52.4 Å². The summed E-state index contributed by atoms with van der Waals surface area (Å²) in [4.78, 5) is 36.8. The predicted octanol–water partition coefficient (Wildman–Crippen LogP) is 6.88. The highest BCUT2D eigenvalue weighted by Crippen LogP contribution is 2.50. The molecule has 2 aliphatic rings. The number of piperazine rings is 1. The maximum atomic E-state index is 15.4. The van der Waals surface area contributed by atoms with Gasteiger partial charge in [-0.3, -0.25) is 14.5 Å². The molecular weight excluding hydrogens is 641 g/mol. The number of benzene rings is 2. The minimum atomic E-state index is -5.01. The van der Waals surface area contributed by atoms with Crippen molar-refractivity contribution < 1.29 is 31.9 Å². The van der Waals surface area contributed by atoms with Crippen LogP contribution in [0.2, 0.25) is 5.02 Å². The van der Waals surface area contributed by atoms with Crippen molar-refractivity contribution in [2.75, 3.05) is 23.7 Å². The van der Waals surface area contributed by atoms with Crippen molar-refractivity contribution in [3.63, 3.8) is 0 Å². The van der Waals surface area contributed by atoms with E-state index in [2.05, 4.69) is 9.97 Å². The van der Waals surface area contributed by atoms with Crippen molar-refractivity contribution >= 4 is 46.2 Å². The fourth-order valence-corrected chi connectivity index (χ4v) is 7.87. The van der Waals surface area contributed by atoms with E-state index < -0.39 is 63.4 Å². The first-order valence-electron chi connectivity index (χ1n) is 13.9. The lowest BCUT2D eigenvalue weighted by atomic mass is 9.95. The van der Waals surface area contributed by atoms with E-state index in [0.717, 1.165) is 29.5 Å². The van der Waals surface area contributed by atoms with Gasteiger partial charge in [-0.05, 0) is 43.7 Å². The number of thioether (sulfide) groups is 1. The predicted molar refractivity (Wildman–Crippen MR) is 160 cm³/mol. The standard InChI is InChI=1S/C30H25ClF5N5O3S/c1-14-10-39(11-15(2)41(14)29(43)44)27-19-7-20(30(34,35)36)24(18-8-21(31)23(33)9-22(18)32)26-25(19)40(28(42)38-27)12-17(13-45-26)16-3-5-37-6-4-16/h3-9,14-15,17H,10-13H2,1-2H3,(H,43,44)/t14-,15+,17-/m1/s1. The molecule has 1 N–H and O–H groups in total. The number of aromatic nitrogens is 3. The number of carbonyl (C=O) groups is 1. The smallest absolute Gasteiger partial charge is 0.417 e. The van der Waals surface area contributed by atoms with Crippen LogP contribution in [0.4, 0.5) is 32.6 Å². The molecular formula is C30H25ClF5N5O3S. The molecule has 2 aromatic carbocycles. The molecule has 45 heavy (non-hydrogen) atoms. The Hall–Kier alpha value is -3.91. The number of rotatable bonds is 3. The van der Waals surface area contributed by atoms with Crippen LogP contribution in [0.5, 0.6) is 0 Å². The highest BCUT2D eigenvalue weighted by Gasteiger charge is 2.40. The van der Waals surface area contributed by atoms with Gasteiger partial charge in [-0.15, -0.1) is 11.8 Å². The van der Waals surface area contributed by atoms with Crippen molar-refractivity contribution in [3.8, 4) is 11.1 Å². The number of nitrogens with zero attached hydrogens (tertiary/aromatic N) is 5. The van der Waals surface area contributed by atoms with E-state index in [-0.39, 0.29) is 52.9 Å². The Morgan fingerprint density at radius 3 is 2.33 bits per heavy atom. The highest BCUT2D eigenvalue weighted by atomic mass is 35.5. The second-order valence-electron chi connectivity index (χ2n) is 11.2. The SMILES string of the molecule is C[C@@H]1CN(c2nc(=O)n3c4c(c(-c5cc(Cl)c(F)cc5F)c(C(F)(F)F)cc24)SC[C@H](c2ccncc2)C3)C[C@H](C)N1C(=O)O. The monoisotopic (exact) mass is 665 g/mol. The largest absolute Gasteiger partial charge is 0.465 e. The summed E-state index contributed by atoms with van der Waals surface area (Å²) in [5.74, 6) is -2.55. The molecule has 1 amide bonds. The summed E-state index contributed by atoms with van der Waals surface area (Å²) in [6, 6.07) is 4.46. The first-order chi connectivity index (χ1) is 21.3. The quantitative estimate of drug-likeness (QED) is 0.189. The number of hydrogen-bond donors (Lipinski definition) is 1. The van der Waals surface area contributed by atoms with Crippen LogP contribution in [-0.2, 0) is 12.7 Å². The third-order valence-corrected chi connectivity index (χ3v) is 9.78. The fourth-order valence-electron chi connectivity index (χ4n) is 6.32. The highest BCUT2D eigenvalue weighted by molar-refractivity contribution is 7.99. The summed E-state index contributed by atoms with van der Waals surface area (Å²) in [5, 5.41) is 9.12. The first kappa shape index (κ1) is 31.1. The Morgan fingerprint density at radius 1 is 1.04 bits per heavy atom. The van der Waals surface area contributed by atoms with Crippen LogP contribution in [0, 0.1) is 11.6 Å². The molecule has 1 fully saturated rings. The summed E-state index contributed by atoms with van der Waals surface area (Å²) >= 11 is 6.99. The van der Waals surface area contributed by atoms with Gasteiger partial charge < -0.3 is 10.0 Å². The molecule has 4 heterocycles. The summed E-state index contributed by atoms with van der Waals surface area (Å²) in [5.41, 5.74) is -2.15. The minimum Gasteiger partial charge on any atom is -0.465 e. The molecule has 1 saturated heterocycles. The molecule has 0 radical (unpaired) electrons. The van der Waals surface area contributed by atoms with Crippen molar-refractivity contribution in [3.05, 3.63) is 81.0 Å². The molecule has 236 valence electrons. The molecule has 0 unspecified atom stereocenters. The Balaban J connectivity index is 1.68. The Bertz CT molecular complexity index is 1880. The zero-order chi connectivity index (χ0) is 32.4. The van der Waals surface area contributed by atoms with Crippen molar-refractivity contribution in [1.29, 1.82) is 0 Å². The normalized spacial score (nSPS) is 20.4. The zero-order valence-corrected chi connectivity index (χ0v) is 25.4. The average Bonchev–Trinajstić information content (AvgIpc) is 3.17. The molecule has 3 atom stereocenters. The maximum absolute atomic E-state index is 15.4. The average molecular weight is 666 g/mol. The van der Waals surface area contributed by atoms with Gasteiger partial charge in [-0.25, -0.2) is 18.4 Å². The van der Waals surface area contributed by atoms with Crippen LogP contribution in [0.25, 0.3) is 22.0 Å². The third-order valence-electron chi connectivity index (χ3n) is 8.23. The van der Waals surface area contributed by atoms with Gasteiger partial charge in [0.05, 0.1) is 28.2 Å². The minimum absolute atomic E-state index is 0.000320. The second-order valence-corrected chi connectivity index (χ2v) is 12.6. The van der Waals surface area contributed by atoms with Gasteiger partial charge in [0.1, 0.15) is 17.5 Å². The van der Waals surface area contributed by atoms with E-state index in [1.165, 1.54) is 9.47 Å². The van der Waals surface area contributed by atoms with E-state index in [0.29, 0.717) is 6.07 Å². The summed E-state index contributed by atoms with van der Waals surface area (Å²) < 4.78 is 75.7. The van der Waals surface area contributed by atoms with Gasteiger partial charge in [0.2, 0.25) is 0 Å². The molecule has 2 aromatic heterocycles. The van der Waals surface area contributed by atoms with Gasteiger partial charge in [0.25, 0.3) is 0 Å². The molecule has 0 spiro atoms. The Labute approximate surface area is 262 Å². The number of amides is 1. The van der Waals surface area contributed by atoms with E-state index in [4.69, 9.17) is 11.6 Å². The third kappa shape index (κ3) is 5.47. The Morgan fingerprint density at radius 2 is 1.71 bits per heavy atom. The fraction of sp³-hybridized carbons (Fsp3) is 0.333. The molecule has 2 aliphatic heterocycles. The van der Waals surface area contributed by atoms with Gasteiger partial charge in [-0.1, -0.05) is 11.6 Å². The lowest BCUT2D eigenvalue weighted by Gasteiger charge is -2.43. The van der Waals surface area contributed by atoms with E-state index in [1.54, 1.807) is 43.3 Å². The lowest BCUT2D eigenvalue weighted by molar-refractivity contribution is -0.137. The number of anilines is 1. The maximum Gasteiger partial charge on any atom is 0.417 e. The van der Waals surface area contributed by atoms with E-state index >= 15 is 4.39 Å². The van der Waals surface area contributed by atoms with Crippen LogP contribution < -0.4 is 10.6 Å². The van der Waals surface area contributed by atoms with Crippen molar-refractivity contribution in [1.82, 2.24) is 19.4 Å². The van der Waals surface area contributed by atoms with Crippen molar-refractivity contribution in [2.24, 2.45) is 0 Å². The van der Waals surface area contributed by atoms with Crippen LogP contribution >= 0.6 is 23.4 Å². The molecule has 0 saturated carbocycles. The number of pyridine rings is 1. The summed E-state index contributed by atoms with van der Waals surface area (Å²) in [6.07, 6.45) is -3.01. The topological polar surface area (TPSA) is 91.6 Å². The molecule has 15 heteroatoms. The number of hydrogen-bond acceptors (Lipinski definition) is 6. The zero-order valence-electron chi connectivity index (χ0n) is 23.8. The molecule has 0 aliphatic carbocycles. The summed E-state index contributed by atoms with van der Waals surface area (Å²) in [7, 11) is 0. The number of alkyl halides is 3. The van der Waals surface area contributed by atoms with Crippen LogP contribution in [0.3, 0.4) is 0 Å². The van der Waals surface area contributed by atoms with Gasteiger partial charge >= 0.3 is 18.0 Å². The van der Waals surface area contributed by atoms with Crippen LogP contribution in [0.1, 0.15) is 30.9 Å². The molecule has 8 nitrogen and oxygen atoms in total. The van der Waals surface area contributed by atoms with Gasteiger partial charge in [-0.2, -0.15) is 18.2 Å². The first-order valence-corrected chi connectivity index (χ1v) is 15.2. The second kappa shape index (κ2) is 11.5. The van der Waals surface area contributed by atoms with Gasteiger partial charge in [0, 0.05) is 71.2 Å². The van der Waals surface area contributed by atoms with Crippen molar-refractivity contribution in [2.45, 2.75) is 49.5 Å². The van der Waals surface area contributed by atoms with E-state index in [9.17, 15) is 32.3 Å². The number of carboxylic acid groups (broad SMARTS) is 1. The number of halogens is 6. The van der Waals surface area contributed by atoms with E-state index in [1.807, 2.05) is 0 Å². The molecule has 6 rings (SSSR count). The van der Waals surface area contributed by atoms with Crippen LogP contribution in [-0.4, -0.2) is 61.6 Å². The summed E-state index contributed by atoms with van der Waals surface area (Å²) in [6.45, 7) is 3.51. The molecule has 4 aromatic rings. The lowest BCUT2D eigenvalue weighted by Crippen LogP contribution is -2.58. The Kier molecular flexibility index (Phi) is 7.92. The van der Waals surface area contributed by atoms with Gasteiger partial charge in [0.15, 0.2) is 0 Å². The molecule has 0 bridgehead atoms.